The molecule has 0 atom stereocenters. The van der Waals surface area contributed by atoms with Crippen molar-refractivity contribution in [1.29, 1.82) is 0 Å². The lowest BCUT2D eigenvalue weighted by Crippen LogP contribution is -3.15. The second-order valence-electron chi connectivity index (χ2n) is 7.48. The summed E-state index contributed by atoms with van der Waals surface area (Å²) in [7, 11) is 0. The van der Waals surface area contributed by atoms with Crippen molar-refractivity contribution in [2.75, 3.05) is 26.2 Å². The number of hydrogen-bond donors (Lipinski definition) is 1. The average Bonchev–Trinajstić information content (AvgIpc) is 2.80. The highest BCUT2D eigenvalue weighted by Crippen LogP contribution is 2.19. The summed E-state index contributed by atoms with van der Waals surface area (Å²) in [4.78, 5) is 16.1. The van der Waals surface area contributed by atoms with Gasteiger partial charge in [-0.25, -0.2) is 0 Å². The van der Waals surface area contributed by atoms with E-state index in [1.165, 1.54) is 16.0 Å². The lowest BCUT2D eigenvalue weighted by Gasteiger charge is -2.36. The van der Waals surface area contributed by atoms with Gasteiger partial charge >= 0.3 is 0 Å². The summed E-state index contributed by atoms with van der Waals surface area (Å²) in [5.74, 6) is 0.101. The van der Waals surface area contributed by atoms with Gasteiger partial charge < -0.3 is 9.80 Å². The number of amides is 1. The molecule has 3 nitrogen and oxygen atoms in total. The molecule has 0 aromatic heterocycles. The van der Waals surface area contributed by atoms with E-state index in [1.807, 2.05) is 41.3 Å². The fourth-order valence-electron chi connectivity index (χ4n) is 4.09. The molecule has 1 fully saturated rings. The average molecular weight is 384 g/mol. The molecule has 3 aromatic rings. The first-order valence-corrected chi connectivity index (χ1v) is 10.3. The van der Waals surface area contributed by atoms with Crippen LogP contribution in [0.15, 0.2) is 97.1 Å². The van der Waals surface area contributed by atoms with Gasteiger partial charge in [0.05, 0.1) is 26.2 Å². The number of rotatable bonds is 5. The molecule has 1 saturated heterocycles. The number of carbonyl (C=O) groups excluding carboxylic acids is 1. The van der Waals surface area contributed by atoms with E-state index in [1.54, 1.807) is 6.08 Å². The lowest BCUT2D eigenvalue weighted by molar-refractivity contribution is -0.929. The first kappa shape index (κ1) is 19.2. The van der Waals surface area contributed by atoms with E-state index in [4.69, 9.17) is 0 Å². The van der Waals surface area contributed by atoms with Crippen molar-refractivity contribution < 1.29 is 9.69 Å². The summed E-state index contributed by atoms with van der Waals surface area (Å²) in [6.07, 6.45) is 3.60. The van der Waals surface area contributed by atoms with E-state index in [0.29, 0.717) is 6.04 Å². The summed E-state index contributed by atoms with van der Waals surface area (Å²) < 4.78 is 0. The molecule has 3 aromatic carbocycles. The van der Waals surface area contributed by atoms with Crippen LogP contribution in [0, 0.1) is 0 Å². The number of nitrogens with zero attached hydrogens (tertiary/aromatic N) is 1. The third-order valence-electron chi connectivity index (χ3n) is 5.61. The van der Waals surface area contributed by atoms with Crippen LogP contribution in [0.3, 0.4) is 0 Å². The quantitative estimate of drug-likeness (QED) is 0.673. The Bertz CT molecular complexity index is 891. The smallest absolute Gasteiger partial charge is 0.246 e. The largest absolute Gasteiger partial charge is 0.328 e. The Morgan fingerprint density at radius 1 is 0.759 bits per heavy atom. The van der Waals surface area contributed by atoms with Crippen LogP contribution in [0.1, 0.15) is 22.7 Å². The first-order chi connectivity index (χ1) is 14.3. The second kappa shape index (κ2) is 9.35. The summed E-state index contributed by atoms with van der Waals surface area (Å²) in [6, 6.07) is 31.7. The molecule has 0 radical (unpaired) electrons. The molecule has 146 valence electrons. The number of carbonyl (C=O) groups is 1. The van der Waals surface area contributed by atoms with Crippen molar-refractivity contribution in [1.82, 2.24) is 4.90 Å². The van der Waals surface area contributed by atoms with Gasteiger partial charge in [-0.3, -0.25) is 4.79 Å². The van der Waals surface area contributed by atoms with E-state index >= 15 is 0 Å². The number of hydrogen-bond acceptors (Lipinski definition) is 1. The molecule has 1 heterocycles. The minimum atomic E-state index is 0.101. The Labute approximate surface area is 172 Å². The van der Waals surface area contributed by atoms with Gasteiger partial charge in [-0.1, -0.05) is 91.0 Å². The van der Waals surface area contributed by atoms with Crippen LogP contribution in [0.4, 0.5) is 0 Å². The fraction of sp³-hybridized carbons (Fsp3) is 0.192. The molecule has 0 saturated carbocycles. The summed E-state index contributed by atoms with van der Waals surface area (Å²) in [5.41, 5.74) is 3.72. The van der Waals surface area contributed by atoms with E-state index in [2.05, 4.69) is 60.7 Å². The predicted octanol–water partition coefficient (Wildman–Crippen LogP) is 3.22. The van der Waals surface area contributed by atoms with E-state index < -0.39 is 0 Å². The summed E-state index contributed by atoms with van der Waals surface area (Å²) >= 11 is 0. The van der Waals surface area contributed by atoms with Crippen molar-refractivity contribution in [3.63, 3.8) is 0 Å². The molecule has 1 amide bonds. The van der Waals surface area contributed by atoms with Crippen LogP contribution in [0.25, 0.3) is 6.08 Å². The normalized spacial score (nSPS) is 15.1. The minimum absolute atomic E-state index is 0.101. The van der Waals surface area contributed by atoms with Gasteiger partial charge in [0.2, 0.25) is 5.91 Å². The number of nitrogens with one attached hydrogen (secondary N) is 1. The number of piperazine rings is 1. The van der Waals surface area contributed by atoms with E-state index in [9.17, 15) is 4.79 Å². The molecule has 1 aliphatic heterocycles. The van der Waals surface area contributed by atoms with Crippen LogP contribution in [-0.4, -0.2) is 37.0 Å². The molecule has 29 heavy (non-hydrogen) atoms. The van der Waals surface area contributed by atoms with Crippen LogP contribution in [-0.2, 0) is 4.79 Å². The zero-order chi connectivity index (χ0) is 19.9. The molecule has 1 N–H and O–H groups in total. The highest BCUT2D eigenvalue weighted by atomic mass is 16.2. The summed E-state index contributed by atoms with van der Waals surface area (Å²) in [5, 5.41) is 0. The van der Waals surface area contributed by atoms with Crippen molar-refractivity contribution in [2.45, 2.75) is 6.04 Å². The molecule has 0 aliphatic carbocycles. The maximum absolute atomic E-state index is 12.6. The minimum Gasteiger partial charge on any atom is -0.328 e. The second-order valence-corrected chi connectivity index (χ2v) is 7.48. The van der Waals surface area contributed by atoms with Crippen LogP contribution < -0.4 is 4.90 Å². The number of benzene rings is 3. The molecule has 0 spiro atoms. The van der Waals surface area contributed by atoms with Crippen molar-refractivity contribution in [3.05, 3.63) is 114 Å². The van der Waals surface area contributed by atoms with Crippen molar-refractivity contribution in [2.24, 2.45) is 0 Å². The topological polar surface area (TPSA) is 24.8 Å². The van der Waals surface area contributed by atoms with E-state index in [0.717, 1.165) is 31.7 Å². The monoisotopic (exact) mass is 383 g/mol. The van der Waals surface area contributed by atoms with Gasteiger partial charge in [0.15, 0.2) is 0 Å². The standard InChI is InChI=1S/C26H26N2O/c29-25(17-16-22-10-4-1-5-11-22)27-18-20-28(21-19-27)26(23-12-6-2-7-13-23)24-14-8-3-9-15-24/h1-17,26H,18-21H2/p+1. The van der Waals surface area contributed by atoms with Crippen molar-refractivity contribution in [3.8, 4) is 0 Å². The molecule has 4 rings (SSSR count). The van der Waals surface area contributed by atoms with Gasteiger partial charge in [0, 0.05) is 17.2 Å². The van der Waals surface area contributed by atoms with Gasteiger partial charge in [0.25, 0.3) is 0 Å². The predicted molar refractivity (Wildman–Crippen MR) is 117 cm³/mol. The zero-order valence-electron chi connectivity index (χ0n) is 16.6. The van der Waals surface area contributed by atoms with Crippen molar-refractivity contribution >= 4 is 12.0 Å². The summed E-state index contributed by atoms with van der Waals surface area (Å²) in [6.45, 7) is 3.45. The van der Waals surface area contributed by atoms with Gasteiger partial charge in [-0.15, -0.1) is 0 Å². The van der Waals surface area contributed by atoms with Gasteiger partial charge in [-0.2, -0.15) is 0 Å². The Morgan fingerprint density at radius 2 is 1.24 bits per heavy atom. The van der Waals surface area contributed by atoms with Crippen LogP contribution in [0.5, 0.6) is 0 Å². The van der Waals surface area contributed by atoms with Gasteiger partial charge in [-0.05, 0) is 11.6 Å². The molecular weight excluding hydrogens is 356 g/mol. The third-order valence-corrected chi connectivity index (χ3v) is 5.61. The Kier molecular flexibility index (Phi) is 6.18. The molecule has 0 bridgehead atoms. The van der Waals surface area contributed by atoms with Crippen LogP contribution >= 0.6 is 0 Å². The Balaban J connectivity index is 1.44. The molecule has 3 heteroatoms. The maximum atomic E-state index is 12.6. The lowest BCUT2D eigenvalue weighted by atomic mass is 9.96. The SMILES string of the molecule is O=C(C=Cc1ccccc1)N1CC[NH+](C(c2ccccc2)c2ccccc2)CC1. The fourth-order valence-corrected chi connectivity index (χ4v) is 4.09. The Morgan fingerprint density at radius 3 is 1.76 bits per heavy atom. The Hall–Kier alpha value is -3.17. The molecular formula is C26H27N2O+. The molecule has 1 aliphatic rings. The first-order valence-electron chi connectivity index (χ1n) is 10.3. The highest BCUT2D eigenvalue weighted by Gasteiger charge is 2.30. The van der Waals surface area contributed by atoms with Crippen LogP contribution in [0.2, 0.25) is 0 Å². The highest BCUT2D eigenvalue weighted by molar-refractivity contribution is 5.91. The van der Waals surface area contributed by atoms with Gasteiger partial charge in [0.1, 0.15) is 6.04 Å². The maximum Gasteiger partial charge on any atom is 0.246 e. The third kappa shape index (κ3) is 4.82. The van der Waals surface area contributed by atoms with E-state index in [-0.39, 0.29) is 5.91 Å². The number of quaternary nitrogens is 1. The molecule has 0 unspecified atom stereocenters. The zero-order valence-corrected chi connectivity index (χ0v) is 16.6.